The summed E-state index contributed by atoms with van der Waals surface area (Å²) in [7, 11) is 0. The minimum absolute atomic E-state index is 0.0757. The molecule has 1 unspecified atom stereocenters. The second-order valence-corrected chi connectivity index (χ2v) is 6.78. The molecule has 1 aliphatic heterocycles. The quantitative estimate of drug-likeness (QED) is 0.775. The summed E-state index contributed by atoms with van der Waals surface area (Å²) in [4.78, 5) is 19.1. The first-order valence-electron chi connectivity index (χ1n) is 9.03. The van der Waals surface area contributed by atoms with Crippen LogP contribution in [0.2, 0.25) is 0 Å². The summed E-state index contributed by atoms with van der Waals surface area (Å²) in [5.74, 6) is 1.51. The van der Waals surface area contributed by atoms with Gasteiger partial charge < -0.3 is 4.90 Å². The molecular formula is C20H20N6O. The van der Waals surface area contributed by atoms with Gasteiger partial charge in [-0.1, -0.05) is 18.2 Å². The van der Waals surface area contributed by atoms with Crippen LogP contribution in [0.4, 0.5) is 5.82 Å². The summed E-state index contributed by atoms with van der Waals surface area (Å²) in [6.45, 7) is 3.43. The number of anilines is 1. The molecule has 1 atom stereocenters. The third-order valence-electron chi connectivity index (χ3n) is 4.93. The number of nitriles is 1. The smallest absolute Gasteiger partial charge is 0.347 e. The Kier molecular flexibility index (Phi) is 4.47. The molecule has 1 aromatic carbocycles. The number of benzene rings is 1. The van der Waals surface area contributed by atoms with E-state index in [1.807, 2.05) is 49.4 Å². The fourth-order valence-electron chi connectivity index (χ4n) is 3.66. The predicted octanol–water partition coefficient (Wildman–Crippen LogP) is 2.52. The molecule has 4 rings (SSSR count). The summed E-state index contributed by atoms with van der Waals surface area (Å²) in [6, 6.07) is 15.4. The lowest BCUT2D eigenvalue weighted by Gasteiger charge is -2.33. The number of H-pyrrole nitrogens is 1. The van der Waals surface area contributed by atoms with E-state index in [1.54, 1.807) is 4.57 Å². The lowest BCUT2D eigenvalue weighted by Crippen LogP contribution is -2.37. The van der Waals surface area contributed by atoms with Crippen LogP contribution in [0, 0.1) is 18.3 Å². The molecule has 7 nitrogen and oxygen atoms in total. The summed E-state index contributed by atoms with van der Waals surface area (Å²) < 4.78 is 1.64. The van der Waals surface area contributed by atoms with Gasteiger partial charge in [0, 0.05) is 24.7 Å². The van der Waals surface area contributed by atoms with E-state index in [0.29, 0.717) is 17.9 Å². The molecule has 0 radical (unpaired) electrons. The molecule has 1 saturated heterocycles. The van der Waals surface area contributed by atoms with Gasteiger partial charge in [-0.05, 0) is 44.0 Å². The lowest BCUT2D eigenvalue weighted by atomic mass is 9.96. The zero-order valence-electron chi connectivity index (χ0n) is 15.1. The molecule has 3 heterocycles. The molecular weight excluding hydrogens is 340 g/mol. The molecule has 0 aliphatic carbocycles. The van der Waals surface area contributed by atoms with Gasteiger partial charge in [-0.2, -0.15) is 10.4 Å². The molecule has 2 aromatic heterocycles. The van der Waals surface area contributed by atoms with E-state index in [2.05, 4.69) is 26.2 Å². The van der Waals surface area contributed by atoms with Crippen molar-refractivity contribution in [1.82, 2.24) is 19.7 Å². The maximum absolute atomic E-state index is 12.4. The van der Waals surface area contributed by atoms with Crippen LogP contribution in [0.5, 0.6) is 0 Å². The van der Waals surface area contributed by atoms with Gasteiger partial charge in [-0.15, -0.1) is 0 Å². The van der Waals surface area contributed by atoms with Gasteiger partial charge >= 0.3 is 5.69 Å². The van der Waals surface area contributed by atoms with Crippen LogP contribution in [0.15, 0.2) is 47.3 Å². The Labute approximate surface area is 156 Å². The Morgan fingerprint density at radius 1 is 1.22 bits per heavy atom. The number of nitrogens with one attached hydrogen (secondary N) is 1. The first-order chi connectivity index (χ1) is 13.2. The Morgan fingerprint density at radius 3 is 2.81 bits per heavy atom. The molecule has 0 saturated carbocycles. The SMILES string of the molecule is Cc1ccc(C#N)c(N2CCCC(c3n[nH]c(=O)n3-c3ccccc3)C2)n1. The number of aryl methyl sites for hydroxylation is 1. The molecule has 0 bridgehead atoms. The Morgan fingerprint density at radius 2 is 2.04 bits per heavy atom. The topological polar surface area (TPSA) is 90.6 Å². The third kappa shape index (κ3) is 3.22. The lowest BCUT2D eigenvalue weighted by molar-refractivity contribution is 0.482. The van der Waals surface area contributed by atoms with Crippen molar-refractivity contribution >= 4 is 5.82 Å². The van der Waals surface area contributed by atoms with Crippen molar-refractivity contribution in [2.45, 2.75) is 25.7 Å². The number of aromatic nitrogens is 4. The van der Waals surface area contributed by atoms with Crippen molar-refractivity contribution in [1.29, 1.82) is 5.26 Å². The highest BCUT2D eigenvalue weighted by molar-refractivity contribution is 5.55. The summed E-state index contributed by atoms with van der Waals surface area (Å²) in [5.41, 5.74) is 2.02. The average Bonchev–Trinajstić information content (AvgIpc) is 3.10. The molecule has 7 heteroatoms. The van der Waals surface area contributed by atoms with Crippen molar-refractivity contribution in [3.05, 3.63) is 70.0 Å². The largest absolute Gasteiger partial charge is 0.355 e. The van der Waals surface area contributed by atoms with Crippen molar-refractivity contribution < 1.29 is 0 Å². The van der Waals surface area contributed by atoms with E-state index in [-0.39, 0.29) is 11.6 Å². The average molecular weight is 360 g/mol. The second-order valence-electron chi connectivity index (χ2n) is 6.78. The van der Waals surface area contributed by atoms with Crippen molar-refractivity contribution in [3.63, 3.8) is 0 Å². The van der Waals surface area contributed by atoms with E-state index < -0.39 is 0 Å². The predicted molar refractivity (Wildman–Crippen MR) is 102 cm³/mol. The highest BCUT2D eigenvalue weighted by Gasteiger charge is 2.28. The molecule has 1 aliphatic rings. The minimum Gasteiger partial charge on any atom is -0.355 e. The maximum atomic E-state index is 12.4. The molecule has 1 fully saturated rings. The zero-order chi connectivity index (χ0) is 18.8. The van der Waals surface area contributed by atoms with E-state index in [1.165, 1.54) is 0 Å². The molecule has 136 valence electrons. The van der Waals surface area contributed by atoms with Crippen molar-refractivity contribution in [2.24, 2.45) is 0 Å². The Hall–Kier alpha value is -3.40. The standard InChI is InChI=1S/C20H20N6O/c1-14-9-10-15(12-21)18(22-14)25-11-5-6-16(13-25)19-23-24-20(27)26(19)17-7-3-2-4-8-17/h2-4,7-10,16H,5-6,11,13H2,1H3,(H,24,27). The number of hydrogen-bond donors (Lipinski definition) is 1. The van der Waals surface area contributed by atoms with Gasteiger partial charge in [0.05, 0.1) is 11.3 Å². The minimum atomic E-state index is -0.236. The van der Waals surface area contributed by atoms with Crippen LogP contribution in [0.25, 0.3) is 5.69 Å². The highest BCUT2D eigenvalue weighted by Crippen LogP contribution is 2.30. The zero-order valence-corrected chi connectivity index (χ0v) is 15.1. The van der Waals surface area contributed by atoms with E-state index in [9.17, 15) is 10.1 Å². The first-order valence-corrected chi connectivity index (χ1v) is 9.03. The second kappa shape index (κ2) is 7.08. The molecule has 3 aromatic rings. The number of piperidine rings is 1. The van der Waals surface area contributed by atoms with Gasteiger partial charge in [-0.25, -0.2) is 19.4 Å². The van der Waals surface area contributed by atoms with Crippen LogP contribution in [-0.4, -0.2) is 32.8 Å². The normalized spacial score (nSPS) is 16.9. The van der Waals surface area contributed by atoms with Gasteiger partial charge in [0.1, 0.15) is 17.7 Å². The van der Waals surface area contributed by atoms with E-state index in [0.717, 1.165) is 36.6 Å². The van der Waals surface area contributed by atoms with Crippen LogP contribution in [-0.2, 0) is 0 Å². The fraction of sp³-hybridized carbons (Fsp3) is 0.300. The number of hydrogen-bond acceptors (Lipinski definition) is 5. The number of aromatic amines is 1. The summed E-state index contributed by atoms with van der Waals surface area (Å²) >= 11 is 0. The molecule has 27 heavy (non-hydrogen) atoms. The van der Waals surface area contributed by atoms with Gasteiger partial charge in [0.15, 0.2) is 0 Å². The number of rotatable bonds is 3. The highest BCUT2D eigenvalue weighted by atomic mass is 16.1. The molecule has 0 amide bonds. The molecule has 0 spiro atoms. The summed E-state index contributed by atoms with van der Waals surface area (Å²) in [5, 5.41) is 16.3. The van der Waals surface area contributed by atoms with Crippen LogP contribution >= 0.6 is 0 Å². The molecule has 1 N–H and O–H groups in total. The number of pyridine rings is 1. The first kappa shape index (κ1) is 17.0. The Bertz CT molecular complexity index is 1050. The summed E-state index contributed by atoms with van der Waals surface area (Å²) in [6.07, 6.45) is 1.88. The van der Waals surface area contributed by atoms with Crippen LogP contribution < -0.4 is 10.6 Å². The fourth-order valence-corrected chi connectivity index (χ4v) is 3.66. The van der Waals surface area contributed by atoms with E-state index in [4.69, 9.17) is 0 Å². The Balaban J connectivity index is 1.69. The van der Waals surface area contributed by atoms with Gasteiger partial charge in [0.25, 0.3) is 0 Å². The maximum Gasteiger partial charge on any atom is 0.347 e. The van der Waals surface area contributed by atoms with Crippen molar-refractivity contribution in [3.8, 4) is 11.8 Å². The van der Waals surface area contributed by atoms with Crippen LogP contribution in [0.1, 0.15) is 35.8 Å². The van der Waals surface area contributed by atoms with Crippen LogP contribution in [0.3, 0.4) is 0 Å². The van der Waals surface area contributed by atoms with E-state index >= 15 is 0 Å². The van der Waals surface area contributed by atoms with Gasteiger partial charge in [-0.3, -0.25) is 0 Å². The van der Waals surface area contributed by atoms with Crippen molar-refractivity contribution in [2.75, 3.05) is 18.0 Å². The monoisotopic (exact) mass is 360 g/mol. The third-order valence-corrected chi connectivity index (χ3v) is 4.93. The van der Waals surface area contributed by atoms with Gasteiger partial charge in [0.2, 0.25) is 0 Å². The number of nitrogens with zero attached hydrogens (tertiary/aromatic N) is 5. The number of para-hydroxylation sites is 1.